The maximum atomic E-state index is 13.1. The van der Waals surface area contributed by atoms with E-state index in [1.807, 2.05) is 12.1 Å². The molecule has 0 spiro atoms. The number of nitrogens with zero attached hydrogens (tertiary/aromatic N) is 3. The maximum absolute atomic E-state index is 13.1. The quantitative estimate of drug-likeness (QED) is 0.594. The van der Waals surface area contributed by atoms with Gasteiger partial charge < -0.3 is 14.1 Å². The minimum Gasteiger partial charge on any atom is -0.465 e. The Balaban J connectivity index is 1.37. The first-order chi connectivity index (χ1) is 14.5. The van der Waals surface area contributed by atoms with Gasteiger partial charge in [-0.2, -0.15) is 0 Å². The van der Waals surface area contributed by atoms with Gasteiger partial charge in [-0.25, -0.2) is 14.2 Å². The highest BCUT2D eigenvalue weighted by Gasteiger charge is 2.25. The summed E-state index contributed by atoms with van der Waals surface area (Å²) in [5, 5.41) is 0. The first-order valence-electron chi connectivity index (χ1n) is 9.91. The second-order valence-corrected chi connectivity index (χ2v) is 7.45. The number of anilines is 1. The lowest BCUT2D eigenvalue weighted by Crippen LogP contribution is -2.51. The van der Waals surface area contributed by atoms with Gasteiger partial charge in [-0.15, -0.1) is 0 Å². The van der Waals surface area contributed by atoms with Gasteiger partial charge in [0.2, 0.25) is 5.89 Å². The summed E-state index contributed by atoms with van der Waals surface area (Å²) >= 11 is 0. The third-order valence-electron chi connectivity index (χ3n) is 5.43. The third-order valence-corrected chi connectivity index (χ3v) is 5.43. The van der Waals surface area contributed by atoms with E-state index in [2.05, 4.69) is 21.7 Å². The molecule has 2 heterocycles. The fraction of sp³-hybridized carbons (Fsp3) is 0.304. The lowest BCUT2D eigenvalue weighted by molar-refractivity contribution is 0.0600. The number of hydrogen-bond donors (Lipinski definition) is 0. The molecule has 1 fully saturated rings. The van der Waals surface area contributed by atoms with Gasteiger partial charge in [0.05, 0.1) is 18.4 Å². The van der Waals surface area contributed by atoms with Crippen LogP contribution in [-0.2, 0) is 11.3 Å². The van der Waals surface area contributed by atoms with Gasteiger partial charge >= 0.3 is 5.97 Å². The third kappa shape index (κ3) is 4.36. The predicted octanol–water partition coefficient (Wildman–Crippen LogP) is 3.98. The normalized spacial score (nSPS) is 17.2. The lowest BCUT2D eigenvalue weighted by atomic mass is 10.1. The van der Waals surface area contributed by atoms with Crippen LogP contribution in [0.1, 0.15) is 23.0 Å². The van der Waals surface area contributed by atoms with Crippen molar-refractivity contribution in [2.75, 3.05) is 31.6 Å². The summed E-state index contributed by atoms with van der Waals surface area (Å²) in [6, 6.07) is 14.0. The topological polar surface area (TPSA) is 58.8 Å². The van der Waals surface area contributed by atoms with Crippen molar-refractivity contribution in [1.29, 1.82) is 0 Å². The second kappa shape index (κ2) is 8.67. The molecule has 1 aliphatic heterocycles. The van der Waals surface area contributed by atoms with E-state index in [1.54, 1.807) is 30.5 Å². The van der Waals surface area contributed by atoms with Gasteiger partial charge in [0.1, 0.15) is 12.1 Å². The highest BCUT2D eigenvalue weighted by molar-refractivity contribution is 5.89. The fourth-order valence-electron chi connectivity index (χ4n) is 3.70. The van der Waals surface area contributed by atoms with Crippen molar-refractivity contribution in [1.82, 2.24) is 9.88 Å². The van der Waals surface area contributed by atoms with Crippen molar-refractivity contribution >= 4 is 11.7 Å². The fourth-order valence-corrected chi connectivity index (χ4v) is 3.70. The Labute approximate surface area is 174 Å². The Hall–Kier alpha value is -3.19. The van der Waals surface area contributed by atoms with Crippen molar-refractivity contribution in [3.05, 3.63) is 71.9 Å². The summed E-state index contributed by atoms with van der Waals surface area (Å²) in [7, 11) is 1.38. The summed E-state index contributed by atoms with van der Waals surface area (Å²) in [6.45, 7) is 5.53. The molecule has 30 heavy (non-hydrogen) atoms. The van der Waals surface area contributed by atoms with Crippen LogP contribution in [0, 0.1) is 5.82 Å². The highest BCUT2D eigenvalue weighted by atomic mass is 19.1. The second-order valence-electron chi connectivity index (χ2n) is 7.45. The molecule has 0 bridgehead atoms. The van der Waals surface area contributed by atoms with Crippen molar-refractivity contribution < 1.29 is 18.3 Å². The van der Waals surface area contributed by atoms with Crippen LogP contribution in [0.4, 0.5) is 10.1 Å². The first-order valence-corrected chi connectivity index (χ1v) is 9.91. The van der Waals surface area contributed by atoms with E-state index in [0.717, 1.165) is 36.6 Å². The Bertz CT molecular complexity index is 1000. The standard InChI is InChI=1S/C23H24FN3O3/c1-16-13-27(21-9-5-18(6-10-21)23(28)29-2)12-11-26(16)14-20-15-30-22(25-20)17-3-7-19(24)8-4-17/h3-10,15-16H,11-14H2,1-2H3. The van der Waals surface area contributed by atoms with Crippen LogP contribution in [0.5, 0.6) is 0 Å². The van der Waals surface area contributed by atoms with Gasteiger partial charge in [0, 0.05) is 43.5 Å². The molecule has 7 heteroatoms. The zero-order chi connectivity index (χ0) is 21.1. The van der Waals surface area contributed by atoms with Crippen LogP contribution in [0.2, 0.25) is 0 Å². The first kappa shape index (κ1) is 20.1. The molecule has 1 unspecified atom stereocenters. The Morgan fingerprint density at radius 3 is 2.57 bits per heavy atom. The van der Waals surface area contributed by atoms with Crippen LogP contribution in [-0.4, -0.2) is 48.6 Å². The smallest absolute Gasteiger partial charge is 0.337 e. The monoisotopic (exact) mass is 409 g/mol. The average molecular weight is 409 g/mol. The Morgan fingerprint density at radius 2 is 1.90 bits per heavy atom. The molecule has 0 amide bonds. The number of halogens is 1. The van der Waals surface area contributed by atoms with Crippen LogP contribution in [0.3, 0.4) is 0 Å². The van der Waals surface area contributed by atoms with E-state index in [4.69, 9.17) is 9.15 Å². The molecule has 0 aliphatic carbocycles. The molecule has 1 saturated heterocycles. The number of carbonyl (C=O) groups is 1. The number of esters is 1. The molecule has 0 saturated carbocycles. The summed E-state index contributed by atoms with van der Waals surface area (Å²) in [4.78, 5) is 20.8. The molecule has 2 aromatic carbocycles. The molecule has 156 valence electrons. The molecule has 3 aromatic rings. The van der Waals surface area contributed by atoms with E-state index < -0.39 is 0 Å². The summed E-state index contributed by atoms with van der Waals surface area (Å²) in [5.74, 6) is -0.105. The SMILES string of the molecule is COC(=O)c1ccc(N2CCN(Cc3coc(-c4ccc(F)cc4)n3)C(C)C2)cc1. The van der Waals surface area contributed by atoms with E-state index in [-0.39, 0.29) is 11.8 Å². The molecular formula is C23H24FN3O3. The van der Waals surface area contributed by atoms with E-state index in [1.165, 1.54) is 19.2 Å². The number of aromatic nitrogens is 1. The molecule has 1 aliphatic rings. The average Bonchev–Trinajstić information content (AvgIpc) is 3.24. The van der Waals surface area contributed by atoms with Crippen molar-refractivity contribution in [2.45, 2.75) is 19.5 Å². The van der Waals surface area contributed by atoms with Crippen molar-refractivity contribution in [2.24, 2.45) is 0 Å². The zero-order valence-electron chi connectivity index (χ0n) is 17.0. The van der Waals surface area contributed by atoms with Gasteiger partial charge in [0.25, 0.3) is 0 Å². The molecule has 1 atom stereocenters. The lowest BCUT2D eigenvalue weighted by Gasteiger charge is -2.40. The van der Waals surface area contributed by atoms with Gasteiger partial charge in [0.15, 0.2) is 0 Å². The van der Waals surface area contributed by atoms with E-state index in [0.29, 0.717) is 24.0 Å². The number of carbonyl (C=O) groups excluding carboxylic acids is 1. The van der Waals surface area contributed by atoms with Crippen LogP contribution in [0.25, 0.3) is 11.5 Å². The molecule has 0 radical (unpaired) electrons. The molecule has 1 aromatic heterocycles. The Morgan fingerprint density at radius 1 is 1.17 bits per heavy atom. The van der Waals surface area contributed by atoms with Crippen LogP contribution < -0.4 is 4.90 Å². The largest absolute Gasteiger partial charge is 0.465 e. The summed E-state index contributed by atoms with van der Waals surface area (Å²) in [6.07, 6.45) is 1.67. The minimum atomic E-state index is -0.327. The summed E-state index contributed by atoms with van der Waals surface area (Å²) in [5.41, 5.74) is 3.26. The number of piperazine rings is 1. The van der Waals surface area contributed by atoms with Gasteiger partial charge in [-0.1, -0.05) is 0 Å². The number of methoxy groups -OCH3 is 1. The number of benzene rings is 2. The number of oxazole rings is 1. The van der Waals surface area contributed by atoms with E-state index in [9.17, 15) is 9.18 Å². The van der Waals surface area contributed by atoms with Crippen molar-refractivity contribution in [3.8, 4) is 11.5 Å². The van der Waals surface area contributed by atoms with Crippen LogP contribution >= 0.6 is 0 Å². The molecule has 4 rings (SSSR count). The predicted molar refractivity (Wildman–Crippen MR) is 112 cm³/mol. The molecule has 6 nitrogen and oxygen atoms in total. The molecule has 0 N–H and O–H groups in total. The zero-order valence-corrected chi connectivity index (χ0v) is 17.0. The summed E-state index contributed by atoms with van der Waals surface area (Å²) < 4.78 is 23.4. The highest BCUT2D eigenvalue weighted by Crippen LogP contribution is 2.23. The minimum absolute atomic E-state index is 0.280. The van der Waals surface area contributed by atoms with Gasteiger partial charge in [-0.05, 0) is 55.5 Å². The van der Waals surface area contributed by atoms with Crippen LogP contribution in [0.15, 0.2) is 59.2 Å². The number of rotatable bonds is 5. The van der Waals surface area contributed by atoms with Crippen molar-refractivity contribution in [3.63, 3.8) is 0 Å². The van der Waals surface area contributed by atoms with Gasteiger partial charge in [-0.3, -0.25) is 4.90 Å². The molecular weight excluding hydrogens is 385 g/mol. The maximum Gasteiger partial charge on any atom is 0.337 e. The Kier molecular flexibility index (Phi) is 5.81. The van der Waals surface area contributed by atoms with E-state index >= 15 is 0 Å². The number of ether oxygens (including phenoxy) is 1. The number of hydrogen-bond acceptors (Lipinski definition) is 6.